The largest absolute Gasteiger partial charge is 0.416 e. The minimum atomic E-state index is -4.45. The molecule has 2 aromatic rings. The molecule has 9 heteroatoms. The van der Waals surface area contributed by atoms with Crippen LogP contribution in [0.15, 0.2) is 28.8 Å². The number of rotatable bonds is 3. The molecule has 1 atom stereocenters. The highest BCUT2D eigenvalue weighted by Gasteiger charge is 2.31. The highest BCUT2D eigenvalue weighted by Crippen LogP contribution is 2.31. The van der Waals surface area contributed by atoms with E-state index in [1.807, 2.05) is 6.92 Å². The predicted molar refractivity (Wildman–Crippen MR) is 82.5 cm³/mol. The maximum absolute atomic E-state index is 12.8. The summed E-state index contributed by atoms with van der Waals surface area (Å²) in [5, 5.41) is 6.95. The second-order valence-electron chi connectivity index (χ2n) is 5.97. The topological polar surface area (TPSA) is 71.3 Å². The van der Waals surface area contributed by atoms with Gasteiger partial charge in [-0.05, 0) is 25.1 Å². The molecule has 1 fully saturated rings. The molecule has 0 saturated carbocycles. The van der Waals surface area contributed by atoms with Crippen molar-refractivity contribution in [3.05, 3.63) is 35.7 Å². The molecule has 1 aliphatic rings. The Morgan fingerprint density at radius 1 is 1.44 bits per heavy atom. The van der Waals surface area contributed by atoms with Gasteiger partial charge in [0.2, 0.25) is 5.91 Å². The van der Waals surface area contributed by atoms with Gasteiger partial charge >= 0.3 is 6.18 Å². The van der Waals surface area contributed by atoms with E-state index in [4.69, 9.17) is 4.52 Å². The maximum Gasteiger partial charge on any atom is 0.416 e. The summed E-state index contributed by atoms with van der Waals surface area (Å²) in [4.78, 5) is 18.0. The Bertz CT molecular complexity index is 760. The third-order valence-electron chi connectivity index (χ3n) is 3.94. The highest BCUT2D eigenvalue weighted by atomic mass is 19.4. The maximum atomic E-state index is 12.8. The second kappa shape index (κ2) is 6.83. The van der Waals surface area contributed by atoms with Crippen molar-refractivity contribution in [3.8, 4) is 11.5 Å². The summed E-state index contributed by atoms with van der Waals surface area (Å²) in [5.74, 6) is -0.0177. The normalized spacial score (nSPS) is 18.4. The standard InChI is InChI=1S/C16H17F3N4O2/c1-10-9-23(6-5-20-10)14(24)8-13-21-15(25-22-13)11-3-2-4-12(7-11)16(17,18)19/h2-4,7,10,20H,5-6,8-9H2,1H3. The van der Waals surface area contributed by atoms with Gasteiger partial charge in [0, 0.05) is 31.2 Å². The van der Waals surface area contributed by atoms with Gasteiger partial charge in [-0.25, -0.2) is 0 Å². The Hall–Kier alpha value is -2.42. The molecule has 6 nitrogen and oxygen atoms in total. The van der Waals surface area contributed by atoms with Crippen LogP contribution >= 0.6 is 0 Å². The molecule has 1 N–H and O–H groups in total. The molecular formula is C16H17F3N4O2. The van der Waals surface area contributed by atoms with Gasteiger partial charge in [-0.3, -0.25) is 4.79 Å². The van der Waals surface area contributed by atoms with Crippen molar-refractivity contribution in [2.24, 2.45) is 0 Å². The fraction of sp³-hybridized carbons (Fsp3) is 0.438. The van der Waals surface area contributed by atoms with Crippen LogP contribution in [0, 0.1) is 0 Å². The third-order valence-corrected chi connectivity index (χ3v) is 3.94. The van der Waals surface area contributed by atoms with E-state index in [-0.39, 0.29) is 35.6 Å². The van der Waals surface area contributed by atoms with Crippen LogP contribution in [0.25, 0.3) is 11.5 Å². The smallest absolute Gasteiger partial charge is 0.339 e. The van der Waals surface area contributed by atoms with E-state index in [2.05, 4.69) is 15.5 Å². The first-order chi connectivity index (χ1) is 11.8. The number of benzene rings is 1. The summed E-state index contributed by atoms with van der Waals surface area (Å²) in [5.41, 5.74) is -0.632. The zero-order chi connectivity index (χ0) is 18.0. The molecule has 3 rings (SSSR count). The number of nitrogens with one attached hydrogen (secondary N) is 1. The van der Waals surface area contributed by atoms with Crippen molar-refractivity contribution in [2.75, 3.05) is 19.6 Å². The lowest BCUT2D eigenvalue weighted by Gasteiger charge is -2.31. The molecule has 1 saturated heterocycles. The average molecular weight is 354 g/mol. The van der Waals surface area contributed by atoms with Crippen LogP contribution in [0.4, 0.5) is 13.2 Å². The molecule has 0 aliphatic carbocycles. The summed E-state index contributed by atoms with van der Waals surface area (Å²) in [6, 6.07) is 4.85. The Balaban J connectivity index is 1.71. The van der Waals surface area contributed by atoms with Crippen molar-refractivity contribution < 1.29 is 22.5 Å². The van der Waals surface area contributed by atoms with E-state index in [9.17, 15) is 18.0 Å². The van der Waals surface area contributed by atoms with E-state index in [1.54, 1.807) is 4.90 Å². The fourth-order valence-electron chi connectivity index (χ4n) is 2.68. The molecule has 1 aromatic carbocycles. The molecule has 1 unspecified atom stereocenters. The minimum absolute atomic E-state index is 0.0393. The number of halogens is 3. The summed E-state index contributed by atoms with van der Waals surface area (Å²) >= 11 is 0. The van der Waals surface area contributed by atoms with Crippen LogP contribution in [-0.4, -0.2) is 46.6 Å². The number of piperazine rings is 1. The molecule has 0 spiro atoms. The van der Waals surface area contributed by atoms with E-state index in [1.165, 1.54) is 12.1 Å². The van der Waals surface area contributed by atoms with Crippen LogP contribution < -0.4 is 5.32 Å². The zero-order valence-electron chi connectivity index (χ0n) is 13.5. The number of amides is 1. The first kappa shape index (κ1) is 17.4. The number of aromatic nitrogens is 2. The number of carbonyl (C=O) groups excluding carboxylic acids is 1. The highest BCUT2D eigenvalue weighted by molar-refractivity contribution is 5.78. The Morgan fingerprint density at radius 2 is 2.24 bits per heavy atom. The van der Waals surface area contributed by atoms with Gasteiger partial charge in [0.25, 0.3) is 5.89 Å². The molecule has 0 radical (unpaired) electrons. The quantitative estimate of drug-likeness (QED) is 0.914. The lowest BCUT2D eigenvalue weighted by molar-refractivity contribution is -0.137. The van der Waals surface area contributed by atoms with E-state index in [0.717, 1.165) is 12.1 Å². The lowest BCUT2D eigenvalue weighted by Crippen LogP contribution is -2.51. The van der Waals surface area contributed by atoms with Crippen molar-refractivity contribution in [1.82, 2.24) is 20.4 Å². The SMILES string of the molecule is CC1CN(C(=O)Cc2noc(-c3cccc(C(F)(F)F)c3)n2)CCN1. The third kappa shape index (κ3) is 4.16. The molecule has 25 heavy (non-hydrogen) atoms. The average Bonchev–Trinajstić information content (AvgIpc) is 3.03. The molecule has 1 aromatic heterocycles. The van der Waals surface area contributed by atoms with Crippen LogP contribution in [0.3, 0.4) is 0 Å². The summed E-state index contributed by atoms with van der Waals surface area (Å²) in [6.07, 6.45) is -4.50. The molecule has 1 amide bonds. The molecule has 0 bridgehead atoms. The van der Waals surface area contributed by atoms with Crippen molar-refractivity contribution in [3.63, 3.8) is 0 Å². The molecule has 2 heterocycles. The summed E-state index contributed by atoms with van der Waals surface area (Å²) in [7, 11) is 0. The zero-order valence-corrected chi connectivity index (χ0v) is 13.5. The van der Waals surface area contributed by atoms with Gasteiger partial charge in [-0.1, -0.05) is 11.2 Å². The van der Waals surface area contributed by atoms with Gasteiger partial charge in [0.05, 0.1) is 12.0 Å². The van der Waals surface area contributed by atoms with Crippen molar-refractivity contribution in [1.29, 1.82) is 0 Å². The van der Waals surface area contributed by atoms with Crippen LogP contribution in [0.5, 0.6) is 0 Å². The van der Waals surface area contributed by atoms with Crippen LogP contribution in [0.2, 0.25) is 0 Å². The predicted octanol–water partition coefficient (Wildman–Crippen LogP) is 2.12. The number of nitrogens with zero attached hydrogens (tertiary/aromatic N) is 3. The van der Waals surface area contributed by atoms with Crippen molar-refractivity contribution >= 4 is 5.91 Å². The van der Waals surface area contributed by atoms with Crippen LogP contribution in [-0.2, 0) is 17.4 Å². The summed E-state index contributed by atoms with van der Waals surface area (Å²) < 4.78 is 43.3. The lowest BCUT2D eigenvalue weighted by atomic mass is 10.1. The van der Waals surface area contributed by atoms with Gasteiger partial charge < -0.3 is 14.7 Å². The van der Waals surface area contributed by atoms with Gasteiger partial charge in [-0.15, -0.1) is 0 Å². The minimum Gasteiger partial charge on any atom is -0.339 e. The van der Waals surface area contributed by atoms with Gasteiger partial charge in [0.15, 0.2) is 5.82 Å². The van der Waals surface area contributed by atoms with Gasteiger partial charge in [-0.2, -0.15) is 18.2 Å². The van der Waals surface area contributed by atoms with E-state index >= 15 is 0 Å². The fourth-order valence-corrected chi connectivity index (χ4v) is 2.68. The van der Waals surface area contributed by atoms with Gasteiger partial charge in [0.1, 0.15) is 0 Å². The number of hydrogen-bond acceptors (Lipinski definition) is 5. The van der Waals surface area contributed by atoms with E-state index < -0.39 is 11.7 Å². The Labute approximate surface area is 142 Å². The number of carbonyl (C=O) groups is 1. The Morgan fingerprint density at radius 3 is 2.96 bits per heavy atom. The summed E-state index contributed by atoms with van der Waals surface area (Å²) in [6.45, 7) is 3.90. The molecule has 1 aliphatic heterocycles. The Kier molecular flexibility index (Phi) is 4.76. The van der Waals surface area contributed by atoms with Crippen molar-refractivity contribution in [2.45, 2.75) is 25.6 Å². The number of hydrogen-bond donors (Lipinski definition) is 1. The van der Waals surface area contributed by atoms with E-state index in [0.29, 0.717) is 19.6 Å². The molecule has 134 valence electrons. The monoisotopic (exact) mass is 354 g/mol. The molecular weight excluding hydrogens is 337 g/mol. The first-order valence-electron chi connectivity index (χ1n) is 7.84. The second-order valence-corrected chi connectivity index (χ2v) is 5.97. The first-order valence-corrected chi connectivity index (χ1v) is 7.84. The number of alkyl halides is 3. The van der Waals surface area contributed by atoms with Crippen LogP contribution in [0.1, 0.15) is 18.3 Å².